The minimum absolute atomic E-state index is 0.208. The van der Waals surface area contributed by atoms with Crippen LogP contribution in [-0.2, 0) is 9.53 Å². The quantitative estimate of drug-likeness (QED) is 0.499. The first-order valence-corrected chi connectivity index (χ1v) is 10.6. The molecule has 1 atom stereocenters. The molecule has 0 saturated carbocycles. The predicted octanol–water partition coefficient (Wildman–Crippen LogP) is 3.12. The molecule has 0 bridgehead atoms. The highest BCUT2D eigenvalue weighted by Gasteiger charge is 2.32. The van der Waals surface area contributed by atoms with Gasteiger partial charge in [-0.25, -0.2) is 14.2 Å². The number of aromatic nitrogens is 4. The number of amides is 2. The molecule has 1 N–H and O–H groups in total. The summed E-state index contributed by atoms with van der Waals surface area (Å²) < 4.78 is 22.0. The predicted molar refractivity (Wildman–Crippen MR) is 116 cm³/mol. The summed E-state index contributed by atoms with van der Waals surface area (Å²) in [7, 11) is 0. The minimum Gasteiger partial charge on any atom is -0.442 e. The third-order valence-corrected chi connectivity index (χ3v) is 5.96. The summed E-state index contributed by atoms with van der Waals surface area (Å²) in [6.07, 6.45) is 2.41. The van der Waals surface area contributed by atoms with E-state index in [0.717, 1.165) is 4.88 Å². The zero-order chi connectivity index (χ0) is 22.2. The van der Waals surface area contributed by atoms with Crippen LogP contribution in [0.25, 0.3) is 27.6 Å². The molecule has 0 radical (unpaired) electrons. The molecule has 4 aromatic rings. The van der Waals surface area contributed by atoms with Gasteiger partial charge in [0.15, 0.2) is 5.82 Å². The highest BCUT2D eigenvalue weighted by molar-refractivity contribution is 7.13. The third-order valence-electron chi connectivity index (χ3n) is 5.04. The first-order valence-electron chi connectivity index (χ1n) is 9.77. The second-order valence-corrected chi connectivity index (χ2v) is 8.14. The van der Waals surface area contributed by atoms with E-state index >= 15 is 0 Å². The molecule has 1 aromatic carbocycles. The van der Waals surface area contributed by atoms with Gasteiger partial charge in [-0.05, 0) is 41.3 Å². The van der Waals surface area contributed by atoms with Gasteiger partial charge in [0, 0.05) is 24.9 Å². The Balaban J connectivity index is 1.37. The number of cyclic esters (lactones) is 1. The van der Waals surface area contributed by atoms with Gasteiger partial charge in [-0.2, -0.15) is 0 Å². The molecule has 0 unspecified atom stereocenters. The summed E-state index contributed by atoms with van der Waals surface area (Å²) in [5, 5.41) is 12.7. The second-order valence-electron chi connectivity index (χ2n) is 7.23. The van der Waals surface area contributed by atoms with Crippen molar-refractivity contribution in [3.63, 3.8) is 0 Å². The Morgan fingerprint density at radius 3 is 3.03 bits per heavy atom. The molecular formula is C21H17FN6O3S. The van der Waals surface area contributed by atoms with Crippen LogP contribution in [-0.4, -0.2) is 50.8 Å². The fourth-order valence-electron chi connectivity index (χ4n) is 3.51. The molecule has 9 nitrogen and oxygen atoms in total. The number of thiophene rings is 1. The number of anilines is 1. The van der Waals surface area contributed by atoms with Crippen LogP contribution in [0, 0.1) is 5.82 Å². The number of ether oxygens (including phenoxy) is 1. The van der Waals surface area contributed by atoms with Crippen molar-refractivity contribution >= 4 is 34.8 Å². The highest BCUT2D eigenvalue weighted by Crippen LogP contribution is 2.35. The summed E-state index contributed by atoms with van der Waals surface area (Å²) >= 11 is 1.43. The van der Waals surface area contributed by atoms with Crippen LogP contribution in [0.1, 0.15) is 6.92 Å². The molecular weight excluding hydrogens is 435 g/mol. The molecule has 32 heavy (non-hydrogen) atoms. The fourth-order valence-corrected chi connectivity index (χ4v) is 4.40. The Hall–Kier alpha value is -3.86. The van der Waals surface area contributed by atoms with Gasteiger partial charge in [0.2, 0.25) is 5.91 Å². The number of benzene rings is 1. The first kappa shape index (κ1) is 20.1. The topological polar surface area (TPSA) is 102 Å². The van der Waals surface area contributed by atoms with E-state index in [2.05, 4.69) is 20.5 Å². The lowest BCUT2D eigenvalue weighted by atomic mass is 10.1. The lowest BCUT2D eigenvalue weighted by Crippen LogP contribution is -2.33. The van der Waals surface area contributed by atoms with Gasteiger partial charge >= 0.3 is 6.09 Å². The van der Waals surface area contributed by atoms with Crippen molar-refractivity contribution in [3.05, 3.63) is 53.9 Å². The summed E-state index contributed by atoms with van der Waals surface area (Å²) in [6, 6.07) is 8.25. The molecule has 5 rings (SSSR count). The molecule has 1 saturated heterocycles. The number of nitrogens with one attached hydrogen (secondary N) is 1. The summed E-state index contributed by atoms with van der Waals surface area (Å²) in [5.74, 6) is 0.451. The molecule has 162 valence electrons. The van der Waals surface area contributed by atoms with E-state index < -0.39 is 18.0 Å². The molecule has 0 spiro atoms. The van der Waals surface area contributed by atoms with Gasteiger partial charge in [0.1, 0.15) is 11.9 Å². The smallest absolute Gasteiger partial charge is 0.414 e. The van der Waals surface area contributed by atoms with Crippen molar-refractivity contribution in [2.45, 2.75) is 13.0 Å². The lowest BCUT2D eigenvalue weighted by molar-refractivity contribution is -0.119. The number of carbonyl (C=O) groups is 2. The summed E-state index contributed by atoms with van der Waals surface area (Å²) in [6.45, 7) is 1.83. The monoisotopic (exact) mass is 452 g/mol. The highest BCUT2D eigenvalue weighted by atomic mass is 32.1. The Kier molecular flexibility index (Phi) is 5.02. The van der Waals surface area contributed by atoms with Gasteiger partial charge in [-0.15, -0.1) is 21.5 Å². The standard InChI is InChI=1S/C21H17FN6O3S/c1-12(29)24-9-15-10-28(21(30)31-15)14-3-4-16(17(22)8-14)13-7-18(32-11-13)19-25-26-20-23-5-2-6-27(19)20/h2-8,11,15H,9-10H2,1H3,(H,24,29)/t15-/m0/s1. The van der Waals surface area contributed by atoms with Crippen molar-refractivity contribution in [3.8, 4) is 21.8 Å². The molecule has 1 fully saturated rings. The first-order chi connectivity index (χ1) is 15.5. The van der Waals surface area contributed by atoms with Gasteiger partial charge in [0.05, 0.1) is 23.7 Å². The maximum Gasteiger partial charge on any atom is 0.414 e. The van der Waals surface area contributed by atoms with E-state index in [1.807, 2.05) is 17.6 Å². The van der Waals surface area contributed by atoms with Gasteiger partial charge < -0.3 is 10.1 Å². The van der Waals surface area contributed by atoms with Gasteiger partial charge in [0.25, 0.3) is 5.78 Å². The van der Waals surface area contributed by atoms with Crippen molar-refractivity contribution < 1.29 is 18.7 Å². The van der Waals surface area contributed by atoms with Crippen molar-refractivity contribution in [2.24, 2.45) is 0 Å². The van der Waals surface area contributed by atoms with E-state index in [0.29, 0.717) is 28.4 Å². The Morgan fingerprint density at radius 2 is 2.22 bits per heavy atom. The van der Waals surface area contributed by atoms with E-state index in [1.165, 1.54) is 29.2 Å². The number of hydrogen-bond acceptors (Lipinski definition) is 7. The molecule has 1 aliphatic heterocycles. The number of carbonyl (C=O) groups excluding carboxylic acids is 2. The van der Waals surface area contributed by atoms with Crippen LogP contribution in [0.3, 0.4) is 0 Å². The number of hydrogen-bond donors (Lipinski definition) is 1. The minimum atomic E-state index is -0.572. The average Bonchev–Trinajstić information content (AvgIpc) is 3.50. The van der Waals surface area contributed by atoms with Crippen LogP contribution in [0.4, 0.5) is 14.9 Å². The second kappa shape index (κ2) is 8.00. The van der Waals surface area contributed by atoms with E-state index in [1.54, 1.807) is 28.8 Å². The Bertz CT molecular complexity index is 1340. The Labute approximate surface area is 185 Å². The van der Waals surface area contributed by atoms with E-state index in [9.17, 15) is 14.0 Å². The maximum absolute atomic E-state index is 15.0. The zero-order valence-corrected chi connectivity index (χ0v) is 17.7. The molecule has 1 aliphatic rings. The maximum atomic E-state index is 15.0. The van der Waals surface area contributed by atoms with Crippen LogP contribution in [0.15, 0.2) is 48.1 Å². The normalized spacial score (nSPS) is 15.9. The zero-order valence-electron chi connectivity index (χ0n) is 16.9. The summed E-state index contributed by atoms with van der Waals surface area (Å²) in [4.78, 5) is 29.6. The average molecular weight is 452 g/mol. The molecule has 11 heteroatoms. The summed E-state index contributed by atoms with van der Waals surface area (Å²) in [5.41, 5.74) is 1.50. The number of nitrogens with zero attached hydrogens (tertiary/aromatic N) is 5. The van der Waals surface area contributed by atoms with Gasteiger partial charge in [-0.3, -0.25) is 14.1 Å². The molecule has 3 aromatic heterocycles. The van der Waals surface area contributed by atoms with Crippen molar-refractivity contribution in [1.82, 2.24) is 24.9 Å². The third kappa shape index (κ3) is 3.66. The largest absolute Gasteiger partial charge is 0.442 e. The number of halogens is 1. The van der Waals surface area contributed by atoms with Gasteiger partial charge in [-0.1, -0.05) is 0 Å². The van der Waals surface area contributed by atoms with Crippen LogP contribution in [0.5, 0.6) is 0 Å². The Morgan fingerprint density at radius 1 is 1.34 bits per heavy atom. The molecule has 4 heterocycles. The molecule has 0 aliphatic carbocycles. The van der Waals surface area contributed by atoms with Crippen LogP contribution < -0.4 is 10.2 Å². The van der Waals surface area contributed by atoms with Crippen LogP contribution in [0.2, 0.25) is 0 Å². The molecule has 2 amide bonds. The number of rotatable bonds is 5. The van der Waals surface area contributed by atoms with Crippen LogP contribution >= 0.6 is 11.3 Å². The van der Waals surface area contributed by atoms with Crippen molar-refractivity contribution in [2.75, 3.05) is 18.0 Å². The SMILES string of the molecule is CC(=O)NC[C@H]1CN(c2ccc(-c3csc(-c4nnc5ncccn45)c3)c(F)c2)C(=O)O1. The van der Waals surface area contributed by atoms with E-state index in [-0.39, 0.29) is 19.0 Å². The number of fused-ring (bicyclic) bond motifs is 1. The fraction of sp³-hybridized carbons (Fsp3) is 0.190. The van der Waals surface area contributed by atoms with Crippen molar-refractivity contribution in [1.29, 1.82) is 0 Å². The lowest BCUT2D eigenvalue weighted by Gasteiger charge is -2.14. The van der Waals surface area contributed by atoms with E-state index in [4.69, 9.17) is 4.74 Å².